The van der Waals surface area contributed by atoms with Crippen molar-refractivity contribution < 1.29 is 0 Å². The van der Waals surface area contributed by atoms with Crippen molar-refractivity contribution in [1.29, 1.82) is 0 Å². The summed E-state index contributed by atoms with van der Waals surface area (Å²) in [5.41, 5.74) is 6.91. The fourth-order valence-electron chi connectivity index (χ4n) is 0.985. The van der Waals surface area contributed by atoms with Gasteiger partial charge < -0.3 is 5.73 Å². The number of hydrogen-bond acceptors (Lipinski definition) is 3. The number of hydrogen-bond donors (Lipinski definition) is 1. The zero-order chi connectivity index (χ0) is 8.10. The molecule has 1 aromatic rings. The van der Waals surface area contributed by atoms with Crippen molar-refractivity contribution in [1.82, 2.24) is 4.37 Å². The van der Waals surface area contributed by atoms with Crippen molar-refractivity contribution >= 4 is 11.5 Å². The van der Waals surface area contributed by atoms with Crippen molar-refractivity contribution in [2.45, 2.75) is 32.2 Å². The molecule has 0 aliphatic heterocycles. The molecule has 0 bridgehead atoms. The maximum absolute atomic E-state index is 5.87. The van der Waals surface area contributed by atoms with Crippen molar-refractivity contribution in [3.8, 4) is 0 Å². The van der Waals surface area contributed by atoms with Crippen LogP contribution >= 0.6 is 11.5 Å². The Bertz CT molecular complexity index is 184. The molecule has 0 saturated carbocycles. The Kier molecular flexibility index (Phi) is 3.52. The molecule has 1 atom stereocenters. The van der Waals surface area contributed by atoms with E-state index in [0.29, 0.717) is 0 Å². The highest BCUT2D eigenvalue weighted by atomic mass is 32.1. The summed E-state index contributed by atoms with van der Waals surface area (Å²) in [6.07, 6.45) is 3.46. The molecule has 1 rings (SSSR count). The van der Waals surface area contributed by atoms with Crippen molar-refractivity contribution in [2.24, 2.45) is 5.73 Å². The lowest BCUT2D eigenvalue weighted by Crippen LogP contribution is -2.09. The van der Waals surface area contributed by atoms with E-state index in [1.54, 1.807) is 0 Å². The van der Waals surface area contributed by atoms with Gasteiger partial charge in [0.1, 0.15) is 0 Å². The Morgan fingerprint density at radius 2 is 2.55 bits per heavy atom. The molecule has 0 fully saturated rings. The van der Waals surface area contributed by atoms with Gasteiger partial charge in [0.15, 0.2) is 0 Å². The van der Waals surface area contributed by atoms with Crippen LogP contribution < -0.4 is 5.73 Å². The van der Waals surface area contributed by atoms with Gasteiger partial charge in [-0.2, -0.15) is 4.37 Å². The Labute approximate surface area is 71.6 Å². The molecule has 2 N–H and O–H groups in total. The smallest absolute Gasteiger partial charge is 0.0709 e. The minimum Gasteiger partial charge on any atom is -0.323 e. The highest BCUT2D eigenvalue weighted by molar-refractivity contribution is 7.03. The van der Waals surface area contributed by atoms with E-state index in [4.69, 9.17) is 5.73 Å². The zero-order valence-electron chi connectivity index (χ0n) is 6.79. The quantitative estimate of drug-likeness (QED) is 0.753. The molecule has 1 unspecified atom stereocenters. The van der Waals surface area contributed by atoms with E-state index in [-0.39, 0.29) is 6.04 Å². The molecular formula is C8H14N2S. The highest BCUT2D eigenvalue weighted by Gasteiger charge is 2.05. The van der Waals surface area contributed by atoms with E-state index < -0.39 is 0 Å². The van der Waals surface area contributed by atoms with Gasteiger partial charge in [-0.3, -0.25) is 0 Å². The second kappa shape index (κ2) is 4.46. The Morgan fingerprint density at radius 3 is 3.09 bits per heavy atom. The van der Waals surface area contributed by atoms with Crippen LogP contribution in [0.15, 0.2) is 11.4 Å². The molecule has 1 aromatic heterocycles. The lowest BCUT2D eigenvalue weighted by Gasteiger charge is -2.05. The molecule has 0 aliphatic carbocycles. The maximum Gasteiger partial charge on any atom is 0.0709 e. The van der Waals surface area contributed by atoms with E-state index in [1.807, 2.05) is 11.4 Å². The van der Waals surface area contributed by atoms with Gasteiger partial charge in [0, 0.05) is 11.4 Å². The van der Waals surface area contributed by atoms with Crippen molar-refractivity contribution in [3.63, 3.8) is 0 Å². The molecule has 11 heavy (non-hydrogen) atoms. The lowest BCUT2D eigenvalue weighted by atomic mass is 10.1. The third-order valence-electron chi connectivity index (χ3n) is 1.71. The average Bonchev–Trinajstić information content (AvgIpc) is 2.52. The minimum atomic E-state index is 0.154. The van der Waals surface area contributed by atoms with Crippen molar-refractivity contribution in [3.05, 3.63) is 17.1 Å². The SMILES string of the molecule is CCCCC(N)c1ccsn1. The summed E-state index contributed by atoms with van der Waals surface area (Å²) in [6, 6.07) is 2.16. The summed E-state index contributed by atoms with van der Waals surface area (Å²) >= 11 is 1.47. The monoisotopic (exact) mass is 170 g/mol. The van der Waals surface area contributed by atoms with Gasteiger partial charge in [0.25, 0.3) is 0 Å². The molecule has 0 aliphatic rings. The molecule has 0 radical (unpaired) electrons. The van der Waals surface area contributed by atoms with Crippen LogP contribution in [0.5, 0.6) is 0 Å². The average molecular weight is 170 g/mol. The summed E-state index contributed by atoms with van der Waals surface area (Å²) in [5.74, 6) is 0. The summed E-state index contributed by atoms with van der Waals surface area (Å²) in [7, 11) is 0. The Hall–Kier alpha value is -0.410. The first-order chi connectivity index (χ1) is 5.34. The predicted molar refractivity (Wildman–Crippen MR) is 48.6 cm³/mol. The molecule has 2 nitrogen and oxygen atoms in total. The normalized spacial score (nSPS) is 13.3. The van der Waals surface area contributed by atoms with Crippen LogP contribution in [0.2, 0.25) is 0 Å². The van der Waals surface area contributed by atoms with E-state index in [2.05, 4.69) is 11.3 Å². The zero-order valence-corrected chi connectivity index (χ0v) is 7.60. The van der Waals surface area contributed by atoms with Crippen LogP contribution in [0.3, 0.4) is 0 Å². The molecular weight excluding hydrogens is 156 g/mol. The summed E-state index contributed by atoms with van der Waals surface area (Å²) in [6.45, 7) is 2.17. The number of unbranched alkanes of at least 4 members (excludes halogenated alkanes) is 1. The van der Waals surface area contributed by atoms with Crippen LogP contribution in [-0.2, 0) is 0 Å². The van der Waals surface area contributed by atoms with Gasteiger partial charge >= 0.3 is 0 Å². The fourth-order valence-corrected chi connectivity index (χ4v) is 1.56. The minimum absolute atomic E-state index is 0.154. The largest absolute Gasteiger partial charge is 0.323 e. The van der Waals surface area contributed by atoms with Crippen LogP contribution in [0.25, 0.3) is 0 Å². The second-order valence-electron chi connectivity index (χ2n) is 2.67. The number of rotatable bonds is 4. The molecule has 0 amide bonds. The predicted octanol–water partition coefficient (Wildman–Crippen LogP) is 2.33. The molecule has 0 spiro atoms. The van der Waals surface area contributed by atoms with E-state index >= 15 is 0 Å². The first-order valence-electron chi connectivity index (χ1n) is 4.00. The van der Waals surface area contributed by atoms with Gasteiger partial charge in [-0.05, 0) is 24.0 Å². The summed E-state index contributed by atoms with van der Waals surface area (Å²) < 4.78 is 4.19. The Balaban J connectivity index is 2.36. The fraction of sp³-hybridized carbons (Fsp3) is 0.625. The van der Waals surface area contributed by atoms with Crippen LogP contribution in [0.1, 0.15) is 37.9 Å². The number of nitrogens with two attached hydrogens (primary N) is 1. The van der Waals surface area contributed by atoms with Gasteiger partial charge in [-0.25, -0.2) is 0 Å². The first-order valence-corrected chi connectivity index (χ1v) is 4.84. The third-order valence-corrected chi connectivity index (χ3v) is 2.28. The van der Waals surface area contributed by atoms with E-state index in [1.165, 1.54) is 24.4 Å². The Morgan fingerprint density at radius 1 is 1.73 bits per heavy atom. The number of aromatic nitrogens is 1. The number of nitrogens with zero attached hydrogens (tertiary/aromatic N) is 1. The summed E-state index contributed by atoms with van der Waals surface area (Å²) in [5, 5.41) is 1.97. The maximum atomic E-state index is 5.87. The van der Waals surface area contributed by atoms with E-state index in [0.717, 1.165) is 12.1 Å². The molecule has 0 aromatic carbocycles. The third kappa shape index (κ3) is 2.60. The lowest BCUT2D eigenvalue weighted by molar-refractivity contribution is 0.595. The van der Waals surface area contributed by atoms with Crippen LogP contribution in [0.4, 0.5) is 0 Å². The highest BCUT2D eigenvalue weighted by Crippen LogP contribution is 2.15. The molecule has 62 valence electrons. The summed E-state index contributed by atoms with van der Waals surface area (Å²) in [4.78, 5) is 0. The van der Waals surface area contributed by atoms with Gasteiger partial charge in [-0.15, -0.1) is 0 Å². The topological polar surface area (TPSA) is 38.9 Å². The first kappa shape index (κ1) is 8.68. The molecule has 3 heteroatoms. The van der Waals surface area contributed by atoms with Crippen molar-refractivity contribution in [2.75, 3.05) is 0 Å². The van der Waals surface area contributed by atoms with E-state index in [9.17, 15) is 0 Å². The van der Waals surface area contributed by atoms with Gasteiger partial charge in [0.2, 0.25) is 0 Å². The van der Waals surface area contributed by atoms with Gasteiger partial charge in [-0.1, -0.05) is 19.8 Å². The van der Waals surface area contributed by atoms with Crippen LogP contribution in [-0.4, -0.2) is 4.37 Å². The molecule has 0 saturated heterocycles. The standard InChI is InChI=1S/C8H14N2S/c1-2-3-4-7(9)8-5-6-11-10-8/h5-7H,2-4,9H2,1H3. The second-order valence-corrected chi connectivity index (χ2v) is 3.34. The van der Waals surface area contributed by atoms with Crippen LogP contribution in [0, 0.1) is 0 Å². The van der Waals surface area contributed by atoms with Gasteiger partial charge in [0.05, 0.1) is 5.69 Å². The molecule has 1 heterocycles.